The van der Waals surface area contributed by atoms with E-state index in [1.165, 1.54) is 6.20 Å². The summed E-state index contributed by atoms with van der Waals surface area (Å²) in [5.41, 5.74) is 3.18. The van der Waals surface area contributed by atoms with Gasteiger partial charge >= 0.3 is 5.69 Å². The van der Waals surface area contributed by atoms with Crippen LogP contribution in [0.2, 0.25) is 10.0 Å². The molecule has 0 aliphatic carbocycles. The molecule has 9 nitrogen and oxygen atoms in total. The third-order valence-electron chi connectivity index (χ3n) is 6.52. The Morgan fingerprint density at radius 3 is 2.43 bits per heavy atom. The molecular formula is C26H25Cl2N7O2. The predicted molar refractivity (Wildman–Crippen MR) is 146 cm³/mol. The number of rotatable bonds is 4. The number of fused-ring (bicyclic) bond motifs is 1. The van der Waals surface area contributed by atoms with Gasteiger partial charge in [-0.15, -0.1) is 0 Å². The topological polar surface area (TPSA) is 110 Å². The molecule has 2 aromatic carbocycles. The lowest BCUT2D eigenvalue weighted by atomic mass is 10.1. The van der Waals surface area contributed by atoms with Crippen LogP contribution in [-0.4, -0.2) is 51.5 Å². The molecule has 190 valence electrons. The third kappa shape index (κ3) is 4.80. The number of pyridine rings is 1. The molecule has 0 saturated carbocycles. The van der Waals surface area contributed by atoms with E-state index < -0.39 is 5.69 Å². The molecule has 0 unspecified atom stereocenters. The number of aromatic nitrogens is 3. The summed E-state index contributed by atoms with van der Waals surface area (Å²) in [6, 6.07) is 12.7. The summed E-state index contributed by atoms with van der Waals surface area (Å²) in [5.74, 6) is 0.637. The molecule has 0 bridgehead atoms. The van der Waals surface area contributed by atoms with Crippen LogP contribution in [0.3, 0.4) is 0 Å². The Morgan fingerprint density at radius 2 is 1.78 bits per heavy atom. The molecule has 0 spiro atoms. The van der Waals surface area contributed by atoms with Crippen LogP contribution in [0.25, 0.3) is 16.6 Å². The SMILES string of the molecule is CC(=O)N1CCN(c2ccc(Nc3cc4[nH]c(=O)n(-c5c(Cl)cccc5Cl)c(=N)c4cn3)cc2C)CC1. The Bertz CT molecular complexity index is 1620. The number of para-hydroxylation sites is 1. The summed E-state index contributed by atoms with van der Waals surface area (Å²) in [6.07, 6.45) is 1.53. The Balaban J connectivity index is 1.41. The number of hydrogen-bond acceptors (Lipinski definition) is 6. The van der Waals surface area contributed by atoms with Gasteiger partial charge < -0.3 is 20.1 Å². The smallest absolute Gasteiger partial charge is 0.332 e. The molecular weight excluding hydrogens is 513 g/mol. The van der Waals surface area contributed by atoms with Crippen molar-refractivity contribution in [3.05, 3.63) is 80.2 Å². The van der Waals surface area contributed by atoms with E-state index >= 15 is 0 Å². The number of halogens is 2. The monoisotopic (exact) mass is 537 g/mol. The van der Waals surface area contributed by atoms with Gasteiger partial charge in [-0.1, -0.05) is 29.3 Å². The second-order valence-corrected chi connectivity index (χ2v) is 9.73. The average Bonchev–Trinajstić information content (AvgIpc) is 2.86. The maximum Gasteiger partial charge on any atom is 0.332 e. The van der Waals surface area contributed by atoms with E-state index in [2.05, 4.69) is 26.3 Å². The van der Waals surface area contributed by atoms with E-state index in [0.717, 1.165) is 34.6 Å². The van der Waals surface area contributed by atoms with Crippen molar-refractivity contribution in [2.24, 2.45) is 0 Å². The Kier molecular flexibility index (Phi) is 6.66. The second-order valence-electron chi connectivity index (χ2n) is 8.92. The quantitative estimate of drug-likeness (QED) is 0.361. The summed E-state index contributed by atoms with van der Waals surface area (Å²) in [4.78, 5) is 35.9. The number of benzene rings is 2. The molecule has 1 amide bonds. The van der Waals surface area contributed by atoms with Gasteiger partial charge in [-0.2, -0.15) is 0 Å². The second kappa shape index (κ2) is 9.91. The number of piperazine rings is 1. The van der Waals surface area contributed by atoms with Crippen molar-refractivity contribution in [3.8, 4) is 5.69 Å². The van der Waals surface area contributed by atoms with Crippen LogP contribution < -0.4 is 21.4 Å². The van der Waals surface area contributed by atoms with Crippen LogP contribution in [0.1, 0.15) is 12.5 Å². The highest BCUT2D eigenvalue weighted by Crippen LogP contribution is 2.28. The van der Waals surface area contributed by atoms with Gasteiger partial charge in [0.2, 0.25) is 5.91 Å². The van der Waals surface area contributed by atoms with Crippen molar-refractivity contribution in [1.29, 1.82) is 5.41 Å². The lowest BCUT2D eigenvalue weighted by molar-refractivity contribution is -0.129. The summed E-state index contributed by atoms with van der Waals surface area (Å²) in [5, 5.41) is 12.9. The van der Waals surface area contributed by atoms with Gasteiger partial charge in [0.05, 0.1) is 26.6 Å². The number of nitrogens with one attached hydrogen (secondary N) is 3. The number of carbonyl (C=O) groups is 1. The van der Waals surface area contributed by atoms with E-state index in [9.17, 15) is 9.59 Å². The van der Waals surface area contributed by atoms with Crippen LogP contribution >= 0.6 is 23.2 Å². The number of H-pyrrole nitrogens is 1. The van der Waals surface area contributed by atoms with Gasteiger partial charge in [-0.3, -0.25) is 10.2 Å². The highest BCUT2D eigenvalue weighted by atomic mass is 35.5. The number of aromatic amines is 1. The Labute approximate surface area is 222 Å². The maximum atomic E-state index is 12.9. The molecule has 1 aliphatic rings. The molecule has 1 fully saturated rings. The number of amides is 1. The summed E-state index contributed by atoms with van der Waals surface area (Å²) >= 11 is 12.6. The van der Waals surface area contributed by atoms with Crippen molar-refractivity contribution in [3.63, 3.8) is 0 Å². The molecule has 4 aromatic rings. The summed E-state index contributed by atoms with van der Waals surface area (Å²) in [7, 11) is 0. The number of hydrogen-bond donors (Lipinski definition) is 3. The van der Waals surface area contributed by atoms with Crippen molar-refractivity contribution < 1.29 is 4.79 Å². The average molecular weight is 538 g/mol. The molecule has 1 aliphatic heterocycles. The largest absolute Gasteiger partial charge is 0.368 e. The standard InChI is InChI=1S/C26H25Cl2N7O2/c1-15-12-17(6-7-22(15)34-10-8-33(9-11-34)16(2)36)31-23-13-21-18(14-30-23)25(29)35(26(37)32-21)24-19(27)4-3-5-20(24)28/h3-7,12-14,29H,8-11H2,1-2H3,(H,30,31)(H,32,37). The van der Waals surface area contributed by atoms with E-state index in [4.69, 9.17) is 28.6 Å². The van der Waals surface area contributed by atoms with Crippen LogP contribution in [0.4, 0.5) is 17.2 Å². The molecule has 3 N–H and O–H groups in total. The first-order valence-electron chi connectivity index (χ1n) is 11.7. The molecule has 3 heterocycles. The third-order valence-corrected chi connectivity index (χ3v) is 7.13. The molecule has 0 atom stereocenters. The van der Waals surface area contributed by atoms with Crippen molar-refractivity contribution in [1.82, 2.24) is 19.4 Å². The van der Waals surface area contributed by atoms with Crippen LogP contribution in [0.15, 0.2) is 53.5 Å². The minimum absolute atomic E-state index is 0.0714. The van der Waals surface area contributed by atoms with Crippen molar-refractivity contribution in [2.75, 3.05) is 36.4 Å². The fraction of sp³-hybridized carbons (Fsp3) is 0.231. The van der Waals surface area contributed by atoms with E-state index in [1.807, 2.05) is 24.0 Å². The van der Waals surface area contributed by atoms with E-state index in [0.29, 0.717) is 29.8 Å². The minimum atomic E-state index is -0.533. The lowest BCUT2D eigenvalue weighted by Gasteiger charge is -2.36. The zero-order valence-corrected chi connectivity index (χ0v) is 21.8. The van der Waals surface area contributed by atoms with Crippen LogP contribution in [-0.2, 0) is 4.79 Å². The Morgan fingerprint density at radius 1 is 1.08 bits per heavy atom. The molecule has 37 heavy (non-hydrogen) atoms. The molecule has 1 saturated heterocycles. The molecule has 2 aromatic heterocycles. The van der Waals surface area contributed by atoms with Crippen LogP contribution in [0.5, 0.6) is 0 Å². The fourth-order valence-electron chi connectivity index (χ4n) is 4.62. The molecule has 0 radical (unpaired) electrons. The normalized spacial score (nSPS) is 13.7. The number of nitrogens with zero attached hydrogens (tertiary/aromatic N) is 4. The highest BCUT2D eigenvalue weighted by Gasteiger charge is 2.20. The number of carbonyl (C=O) groups excluding carboxylic acids is 1. The highest BCUT2D eigenvalue weighted by molar-refractivity contribution is 6.37. The zero-order chi connectivity index (χ0) is 26.3. The minimum Gasteiger partial charge on any atom is -0.368 e. The molecule has 11 heteroatoms. The van der Waals surface area contributed by atoms with Gasteiger partial charge in [0.25, 0.3) is 0 Å². The first-order valence-corrected chi connectivity index (χ1v) is 12.5. The van der Waals surface area contributed by atoms with E-state index in [1.54, 1.807) is 31.2 Å². The number of anilines is 3. The van der Waals surface area contributed by atoms with Crippen molar-refractivity contribution >= 4 is 57.2 Å². The van der Waals surface area contributed by atoms with Gasteiger partial charge in [0, 0.05) is 56.7 Å². The predicted octanol–water partition coefficient (Wildman–Crippen LogP) is 4.22. The fourth-order valence-corrected chi connectivity index (χ4v) is 5.19. The van der Waals surface area contributed by atoms with Crippen LogP contribution in [0, 0.1) is 12.3 Å². The first kappa shape index (κ1) is 24.9. The van der Waals surface area contributed by atoms with Crippen molar-refractivity contribution in [2.45, 2.75) is 13.8 Å². The maximum absolute atomic E-state index is 12.9. The van der Waals surface area contributed by atoms with E-state index in [-0.39, 0.29) is 27.1 Å². The summed E-state index contributed by atoms with van der Waals surface area (Å²) < 4.78 is 1.14. The van der Waals surface area contributed by atoms with Gasteiger partial charge in [-0.05, 0) is 42.8 Å². The number of aryl methyl sites for hydroxylation is 1. The zero-order valence-electron chi connectivity index (χ0n) is 20.3. The summed E-state index contributed by atoms with van der Waals surface area (Å²) in [6.45, 7) is 6.68. The lowest BCUT2D eigenvalue weighted by Crippen LogP contribution is -2.48. The van der Waals surface area contributed by atoms with Gasteiger partial charge in [0.15, 0.2) is 0 Å². The van der Waals surface area contributed by atoms with Gasteiger partial charge in [0.1, 0.15) is 11.3 Å². The molecule has 5 rings (SSSR count). The first-order chi connectivity index (χ1) is 17.7. The Hall–Kier alpha value is -3.82. The van der Waals surface area contributed by atoms with Gasteiger partial charge in [-0.25, -0.2) is 14.3 Å².